The van der Waals surface area contributed by atoms with Gasteiger partial charge in [0, 0.05) is 10.9 Å². The molecule has 0 bridgehead atoms. The number of benzene rings is 2. The summed E-state index contributed by atoms with van der Waals surface area (Å²) in [6.07, 6.45) is 1.75. The van der Waals surface area contributed by atoms with Crippen molar-refractivity contribution in [2.75, 3.05) is 28.4 Å². The Kier molecular flexibility index (Phi) is 6.37. The summed E-state index contributed by atoms with van der Waals surface area (Å²) in [5.74, 6) is 2.30. The van der Waals surface area contributed by atoms with Crippen LogP contribution in [0.15, 0.2) is 41.8 Å². The third-order valence-corrected chi connectivity index (χ3v) is 5.09. The van der Waals surface area contributed by atoms with Crippen molar-refractivity contribution in [3.8, 4) is 40.3 Å². The highest BCUT2D eigenvalue weighted by Gasteiger charge is 2.14. The largest absolute Gasteiger partial charge is 0.497 e. The molecular formula is C22H20N2O4S. The minimum atomic E-state index is 0.443. The van der Waals surface area contributed by atoms with Crippen molar-refractivity contribution in [2.45, 2.75) is 0 Å². The van der Waals surface area contributed by atoms with Crippen LogP contribution in [0.5, 0.6) is 23.0 Å². The first-order valence-corrected chi connectivity index (χ1v) is 9.53. The van der Waals surface area contributed by atoms with Gasteiger partial charge in [0.1, 0.15) is 16.8 Å². The van der Waals surface area contributed by atoms with E-state index < -0.39 is 0 Å². The number of ether oxygens (including phenoxy) is 4. The minimum absolute atomic E-state index is 0.443. The smallest absolute Gasteiger partial charge is 0.203 e. The predicted octanol–water partition coefficient (Wildman–Crippen LogP) is 4.91. The van der Waals surface area contributed by atoms with Gasteiger partial charge in [-0.2, -0.15) is 5.26 Å². The summed E-state index contributed by atoms with van der Waals surface area (Å²) in [5, 5.41) is 12.2. The number of allylic oxidation sites excluding steroid dienone is 1. The number of rotatable bonds is 7. The van der Waals surface area contributed by atoms with Crippen LogP contribution >= 0.6 is 11.3 Å². The summed E-state index contributed by atoms with van der Waals surface area (Å²) in [6.45, 7) is 0. The fourth-order valence-corrected chi connectivity index (χ4v) is 3.60. The number of thiazole rings is 1. The maximum Gasteiger partial charge on any atom is 0.203 e. The van der Waals surface area contributed by atoms with Gasteiger partial charge >= 0.3 is 0 Å². The van der Waals surface area contributed by atoms with Crippen LogP contribution in [0.25, 0.3) is 22.9 Å². The molecule has 0 N–H and O–H groups in total. The molecule has 3 aromatic rings. The van der Waals surface area contributed by atoms with Crippen molar-refractivity contribution in [1.29, 1.82) is 5.26 Å². The normalized spacial score (nSPS) is 10.9. The fraction of sp³-hybridized carbons (Fsp3) is 0.182. The second kappa shape index (κ2) is 9.13. The molecule has 0 amide bonds. The molecule has 0 saturated heterocycles. The van der Waals surface area contributed by atoms with Crippen molar-refractivity contribution < 1.29 is 18.9 Å². The van der Waals surface area contributed by atoms with E-state index in [1.165, 1.54) is 11.3 Å². The number of hydrogen-bond donors (Lipinski definition) is 0. The average molecular weight is 408 g/mol. The molecule has 0 aliphatic carbocycles. The molecule has 0 aliphatic rings. The Bertz CT molecular complexity index is 1060. The number of aromatic nitrogens is 1. The number of nitriles is 1. The van der Waals surface area contributed by atoms with E-state index >= 15 is 0 Å². The molecule has 2 aromatic carbocycles. The lowest BCUT2D eigenvalue weighted by molar-refractivity contribution is 0.324. The van der Waals surface area contributed by atoms with Gasteiger partial charge in [0.25, 0.3) is 0 Å². The van der Waals surface area contributed by atoms with E-state index in [4.69, 9.17) is 18.9 Å². The lowest BCUT2D eigenvalue weighted by atomic mass is 10.1. The lowest BCUT2D eigenvalue weighted by Gasteiger charge is -2.13. The van der Waals surface area contributed by atoms with Gasteiger partial charge < -0.3 is 18.9 Å². The Morgan fingerprint density at radius 1 is 1.00 bits per heavy atom. The van der Waals surface area contributed by atoms with Crippen molar-refractivity contribution in [1.82, 2.24) is 4.98 Å². The zero-order valence-corrected chi connectivity index (χ0v) is 17.4. The van der Waals surface area contributed by atoms with Crippen LogP contribution < -0.4 is 18.9 Å². The molecule has 0 spiro atoms. The topological polar surface area (TPSA) is 73.6 Å². The SMILES string of the molecule is COc1cccc(-c2csc(C(C#N)=Cc3cc(OC)c(OC)c(OC)c3)n2)c1. The molecule has 7 heteroatoms. The molecule has 0 radical (unpaired) electrons. The molecule has 1 aromatic heterocycles. The summed E-state index contributed by atoms with van der Waals surface area (Å²) < 4.78 is 21.4. The number of hydrogen-bond acceptors (Lipinski definition) is 7. The van der Waals surface area contributed by atoms with Gasteiger partial charge in [-0.05, 0) is 35.9 Å². The minimum Gasteiger partial charge on any atom is -0.497 e. The first-order chi connectivity index (χ1) is 14.1. The highest BCUT2D eigenvalue weighted by Crippen LogP contribution is 2.39. The summed E-state index contributed by atoms with van der Waals surface area (Å²) in [7, 11) is 6.28. The summed E-state index contributed by atoms with van der Waals surface area (Å²) in [4.78, 5) is 4.63. The summed E-state index contributed by atoms with van der Waals surface area (Å²) >= 11 is 1.41. The number of nitrogens with zero attached hydrogens (tertiary/aromatic N) is 2. The summed E-state index contributed by atoms with van der Waals surface area (Å²) in [5.41, 5.74) is 2.90. The third kappa shape index (κ3) is 4.33. The van der Waals surface area contributed by atoms with Crippen molar-refractivity contribution in [3.05, 3.63) is 52.3 Å². The van der Waals surface area contributed by atoms with E-state index in [0.29, 0.717) is 27.8 Å². The summed E-state index contributed by atoms with van der Waals surface area (Å²) in [6, 6.07) is 13.5. The first kappa shape index (κ1) is 20.2. The number of methoxy groups -OCH3 is 4. The molecule has 0 unspecified atom stereocenters. The molecular weight excluding hydrogens is 388 g/mol. The average Bonchev–Trinajstić information content (AvgIpc) is 3.26. The predicted molar refractivity (Wildman–Crippen MR) is 114 cm³/mol. The van der Waals surface area contributed by atoms with Gasteiger partial charge in [0.15, 0.2) is 11.5 Å². The highest BCUT2D eigenvalue weighted by molar-refractivity contribution is 7.11. The second-order valence-corrected chi connectivity index (χ2v) is 6.76. The van der Waals surface area contributed by atoms with Crippen molar-refractivity contribution >= 4 is 23.0 Å². The lowest BCUT2D eigenvalue weighted by Crippen LogP contribution is -1.95. The van der Waals surface area contributed by atoms with Crippen molar-refractivity contribution in [3.63, 3.8) is 0 Å². The van der Waals surface area contributed by atoms with Crippen LogP contribution in [0.2, 0.25) is 0 Å². The third-order valence-electron chi connectivity index (χ3n) is 4.22. The van der Waals surface area contributed by atoms with Gasteiger partial charge in [0.2, 0.25) is 5.75 Å². The first-order valence-electron chi connectivity index (χ1n) is 8.65. The van der Waals surface area contributed by atoms with Crippen molar-refractivity contribution in [2.24, 2.45) is 0 Å². The monoisotopic (exact) mass is 408 g/mol. The van der Waals surface area contributed by atoms with Gasteiger partial charge in [-0.15, -0.1) is 11.3 Å². The van der Waals surface area contributed by atoms with E-state index in [1.54, 1.807) is 46.6 Å². The molecule has 0 saturated carbocycles. The second-order valence-electron chi connectivity index (χ2n) is 5.90. The van der Waals surface area contributed by atoms with Gasteiger partial charge in [0.05, 0.1) is 39.7 Å². The van der Waals surface area contributed by atoms with Gasteiger partial charge in [-0.1, -0.05) is 12.1 Å². The Morgan fingerprint density at radius 2 is 1.72 bits per heavy atom. The molecule has 6 nitrogen and oxygen atoms in total. The van der Waals surface area contributed by atoms with E-state index in [1.807, 2.05) is 29.6 Å². The van der Waals surface area contributed by atoms with E-state index in [-0.39, 0.29) is 0 Å². The van der Waals surface area contributed by atoms with Crippen LogP contribution in [0, 0.1) is 11.3 Å². The Hall–Kier alpha value is -3.50. The van der Waals surface area contributed by atoms with Crippen LogP contribution in [-0.2, 0) is 0 Å². The zero-order valence-electron chi connectivity index (χ0n) is 16.6. The zero-order chi connectivity index (χ0) is 20.8. The van der Waals surface area contributed by atoms with Gasteiger partial charge in [-0.3, -0.25) is 0 Å². The fourth-order valence-electron chi connectivity index (χ4n) is 2.81. The van der Waals surface area contributed by atoms with Gasteiger partial charge in [-0.25, -0.2) is 4.98 Å². The Labute approximate surface area is 173 Å². The molecule has 148 valence electrons. The maximum absolute atomic E-state index is 9.70. The Morgan fingerprint density at radius 3 is 2.31 bits per heavy atom. The maximum atomic E-state index is 9.70. The standard InChI is InChI=1S/C22H20N2O4S/c1-25-17-7-5-6-15(11-17)18-13-29-22(24-18)16(12-23)8-14-9-19(26-2)21(28-4)20(10-14)27-3/h5-11,13H,1-4H3. The molecule has 3 rings (SSSR count). The van der Waals surface area contributed by atoms with Crippen LogP contribution in [-0.4, -0.2) is 33.4 Å². The van der Waals surface area contributed by atoms with E-state index in [9.17, 15) is 5.26 Å². The van der Waals surface area contributed by atoms with Crippen LogP contribution in [0.3, 0.4) is 0 Å². The molecule has 0 aliphatic heterocycles. The van der Waals surface area contributed by atoms with E-state index in [2.05, 4.69) is 11.1 Å². The van der Waals surface area contributed by atoms with Crippen LogP contribution in [0.4, 0.5) is 0 Å². The highest BCUT2D eigenvalue weighted by atomic mass is 32.1. The van der Waals surface area contributed by atoms with Crippen LogP contribution in [0.1, 0.15) is 10.6 Å². The van der Waals surface area contributed by atoms with E-state index in [0.717, 1.165) is 22.6 Å². The quantitative estimate of drug-likeness (QED) is 0.517. The molecule has 0 fully saturated rings. The molecule has 0 atom stereocenters. The Balaban J connectivity index is 1.99. The molecule has 1 heterocycles. The molecule has 29 heavy (non-hydrogen) atoms.